The molecule has 0 aliphatic rings. The van der Waals surface area contributed by atoms with Crippen molar-refractivity contribution >= 4 is 17.6 Å². The van der Waals surface area contributed by atoms with Crippen LogP contribution in [0.2, 0.25) is 0 Å². The Morgan fingerprint density at radius 1 is 1.37 bits per heavy atom. The molecule has 102 valence electrons. The van der Waals surface area contributed by atoms with Gasteiger partial charge in [0, 0.05) is 13.2 Å². The predicted octanol–water partition coefficient (Wildman–Crippen LogP) is 1.66. The van der Waals surface area contributed by atoms with Gasteiger partial charge in [0.25, 0.3) is 5.22 Å². The molecule has 3 N–H and O–H groups in total. The zero-order chi connectivity index (χ0) is 13.8. The van der Waals surface area contributed by atoms with E-state index in [0.29, 0.717) is 28.5 Å². The highest BCUT2D eigenvalue weighted by Crippen LogP contribution is 2.28. The summed E-state index contributed by atoms with van der Waals surface area (Å²) < 4.78 is 10.5. The van der Waals surface area contributed by atoms with Crippen LogP contribution in [0.5, 0.6) is 0 Å². The highest BCUT2D eigenvalue weighted by Gasteiger charge is 2.11. The van der Waals surface area contributed by atoms with Crippen molar-refractivity contribution in [1.29, 1.82) is 0 Å². The first kappa shape index (κ1) is 13.8. The Hall–Kier alpha value is -1.64. The normalized spacial score (nSPS) is 10.7. The monoisotopic (exact) mass is 281 g/mol. The fraction of sp³-hybridized carbons (Fsp3) is 0.364. The second-order valence-corrected chi connectivity index (χ2v) is 4.78. The number of ether oxygens (including phenoxy) is 1. The third-order valence-corrected chi connectivity index (χ3v) is 3.14. The number of nitrogens with one attached hydrogen (secondary N) is 1. The van der Waals surface area contributed by atoms with E-state index in [1.54, 1.807) is 13.2 Å². The van der Waals surface area contributed by atoms with Gasteiger partial charge in [-0.25, -0.2) is 20.8 Å². The van der Waals surface area contributed by atoms with Gasteiger partial charge in [0.05, 0.1) is 5.69 Å². The zero-order valence-electron chi connectivity index (χ0n) is 10.9. The van der Waals surface area contributed by atoms with Gasteiger partial charge in [-0.3, -0.25) is 0 Å². The largest absolute Gasteiger partial charge is 0.436 e. The Labute approximate surface area is 114 Å². The van der Waals surface area contributed by atoms with Crippen LogP contribution in [0.1, 0.15) is 17.3 Å². The molecule has 0 radical (unpaired) electrons. The van der Waals surface area contributed by atoms with E-state index in [9.17, 15) is 0 Å². The summed E-state index contributed by atoms with van der Waals surface area (Å²) in [6, 6.07) is 1.72. The van der Waals surface area contributed by atoms with Gasteiger partial charge in [-0.15, -0.1) is 0 Å². The third-order valence-electron chi connectivity index (χ3n) is 2.37. The molecule has 0 fully saturated rings. The lowest BCUT2D eigenvalue weighted by Crippen LogP contribution is -2.11. The molecule has 0 saturated carbocycles. The lowest BCUT2D eigenvalue weighted by atomic mass is 10.4. The van der Waals surface area contributed by atoms with Gasteiger partial charge >= 0.3 is 0 Å². The highest BCUT2D eigenvalue weighted by molar-refractivity contribution is 7.99. The molecule has 0 unspecified atom stereocenters. The molecule has 7 nitrogen and oxygen atoms in total. The van der Waals surface area contributed by atoms with Crippen LogP contribution < -0.4 is 11.3 Å². The Kier molecular flexibility index (Phi) is 4.35. The second kappa shape index (κ2) is 6.00. The number of hydrazine groups is 1. The summed E-state index contributed by atoms with van der Waals surface area (Å²) in [7, 11) is 1.58. The molecule has 2 heterocycles. The van der Waals surface area contributed by atoms with Crippen LogP contribution in [0.3, 0.4) is 0 Å². The molecule has 0 aliphatic carbocycles. The van der Waals surface area contributed by atoms with Crippen LogP contribution in [-0.4, -0.2) is 22.1 Å². The van der Waals surface area contributed by atoms with Crippen LogP contribution >= 0.6 is 11.8 Å². The fourth-order valence-corrected chi connectivity index (χ4v) is 2.22. The van der Waals surface area contributed by atoms with Gasteiger partial charge in [0.1, 0.15) is 23.2 Å². The number of nitrogens with zero attached hydrogens (tertiary/aromatic N) is 3. The van der Waals surface area contributed by atoms with Crippen molar-refractivity contribution in [3.8, 4) is 0 Å². The van der Waals surface area contributed by atoms with E-state index in [0.717, 1.165) is 11.5 Å². The number of hydrogen-bond acceptors (Lipinski definition) is 8. The fourth-order valence-electron chi connectivity index (χ4n) is 1.37. The molecule has 0 spiro atoms. The average Bonchev–Trinajstić information content (AvgIpc) is 2.68. The highest BCUT2D eigenvalue weighted by atomic mass is 32.2. The Morgan fingerprint density at radius 2 is 2.16 bits per heavy atom. The van der Waals surface area contributed by atoms with E-state index in [4.69, 9.17) is 15.0 Å². The van der Waals surface area contributed by atoms with Crippen LogP contribution in [0, 0.1) is 13.8 Å². The predicted molar refractivity (Wildman–Crippen MR) is 70.7 cm³/mol. The topological polar surface area (TPSA) is 99.1 Å². The minimum absolute atomic E-state index is 0.312. The number of oxazole rings is 1. The number of aryl methyl sites for hydroxylation is 2. The summed E-state index contributed by atoms with van der Waals surface area (Å²) in [4.78, 5) is 12.8. The average molecular weight is 281 g/mol. The summed E-state index contributed by atoms with van der Waals surface area (Å²) in [6.07, 6.45) is 0. The number of methoxy groups -OCH3 is 1. The molecule has 0 bridgehead atoms. The van der Waals surface area contributed by atoms with Gasteiger partial charge in [0.15, 0.2) is 5.82 Å². The summed E-state index contributed by atoms with van der Waals surface area (Å²) in [5, 5.41) is 1.23. The Morgan fingerprint density at radius 3 is 2.74 bits per heavy atom. The summed E-state index contributed by atoms with van der Waals surface area (Å²) in [5.74, 6) is 7.23. The first-order valence-electron chi connectivity index (χ1n) is 5.57. The number of nitrogen functional groups attached to an aromatic ring is 1. The van der Waals surface area contributed by atoms with Gasteiger partial charge in [-0.05, 0) is 25.6 Å². The quantitative estimate of drug-likeness (QED) is 0.485. The number of aromatic nitrogens is 3. The standard InChI is InChI=1S/C11H15N5O2S/c1-6-7(2)18-11(13-6)19-10-4-8(16-12)14-9(15-10)5-17-3/h4H,5,12H2,1-3H3,(H,14,15,16). The smallest absolute Gasteiger partial charge is 0.262 e. The van der Waals surface area contributed by atoms with Crippen LogP contribution in [0.25, 0.3) is 0 Å². The number of hydrogen-bond donors (Lipinski definition) is 2. The van der Waals surface area contributed by atoms with Crippen molar-refractivity contribution in [2.45, 2.75) is 30.7 Å². The molecule has 0 aromatic carbocycles. The first-order chi connectivity index (χ1) is 9.12. The lowest BCUT2D eigenvalue weighted by Gasteiger charge is -2.05. The summed E-state index contributed by atoms with van der Waals surface area (Å²) in [5.41, 5.74) is 3.36. The molecule has 2 rings (SSSR count). The van der Waals surface area contributed by atoms with Crippen molar-refractivity contribution in [3.05, 3.63) is 23.3 Å². The van der Waals surface area contributed by atoms with E-state index >= 15 is 0 Å². The molecule has 0 aliphatic heterocycles. The van der Waals surface area contributed by atoms with Crippen molar-refractivity contribution in [2.24, 2.45) is 5.84 Å². The molecule has 2 aromatic rings. The minimum atomic E-state index is 0.312. The SMILES string of the molecule is COCc1nc(NN)cc(Sc2nc(C)c(C)o2)n1. The van der Waals surface area contributed by atoms with Gasteiger partial charge in [-0.1, -0.05) is 0 Å². The van der Waals surface area contributed by atoms with E-state index in [2.05, 4.69) is 20.4 Å². The molecule has 19 heavy (non-hydrogen) atoms. The lowest BCUT2D eigenvalue weighted by molar-refractivity contribution is 0.177. The van der Waals surface area contributed by atoms with Crippen molar-refractivity contribution in [2.75, 3.05) is 12.5 Å². The van der Waals surface area contributed by atoms with E-state index in [1.807, 2.05) is 13.8 Å². The second-order valence-electron chi connectivity index (χ2n) is 3.81. The molecule has 0 atom stereocenters. The zero-order valence-corrected chi connectivity index (χ0v) is 11.7. The maximum Gasteiger partial charge on any atom is 0.262 e. The molecule has 2 aromatic heterocycles. The van der Waals surface area contributed by atoms with Crippen LogP contribution in [0.4, 0.5) is 5.82 Å². The summed E-state index contributed by atoms with van der Waals surface area (Å²) >= 11 is 1.31. The minimum Gasteiger partial charge on any atom is -0.436 e. The third kappa shape index (κ3) is 3.43. The van der Waals surface area contributed by atoms with E-state index < -0.39 is 0 Å². The van der Waals surface area contributed by atoms with Gasteiger partial charge in [-0.2, -0.15) is 0 Å². The number of nitrogens with two attached hydrogens (primary N) is 1. The molecular weight excluding hydrogens is 266 g/mol. The molecule has 0 amide bonds. The van der Waals surface area contributed by atoms with Crippen molar-refractivity contribution in [3.63, 3.8) is 0 Å². The maximum absolute atomic E-state index is 5.50. The van der Waals surface area contributed by atoms with Crippen molar-refractivity contribution in [1.82, 2.24) is 15.0 Å². The first-order valence-corrected chi connectivity index (χ1v) is 6.39. The summed E-state index contributed by atoms with van der Waals surface area (Å²) in [6.45, 7) is 4.08. The number of rotatable bonds is 5. The van der Waals surface area contributed by atoms with Gasteiger partial charge < -0.3 is 14.6 Å². The Bertz CT molecular complexity index is 553. The molecular formula is C11H15N5O2S. The van der Waals surface area contributed by atoms with E-state index in [-0.39, 0.29) is 0 Å². The van der Waals surface area contributed by atoms with Gasteiger partial charge in [0.2, 0.25) is 0 Å². The molecule has 8 heteroatoms. The maximum atomic E-state index is 5.50. The Balaban J connectivity index is 2.25. The molecule has 0 saturated heterocycles. The van der Waals surface area contributed by atoms with E-state index in [1.165, 1.54) is 11.8 Å². The van der Waals surface area contributed by atoms with Crippen LogP contribution in [0.15, 0.2) is 20.7 Å². The van der Waals surface area contributed by atoms with Crippen molar-refractivity contribution < 1.29 is 9.15 Å². The number of anilines is 1. The van der Waals surface area contributed by atoms with Crippen LogP contribution in [-0.2, 0) is 11.3 Å².